The van der Waals surface area contributed by atoms with Gasteiger partial charge in [-0.2, -0.15) is 4.37 Å². The summed E-state index contributed by atoms with van der Waals surface area (Å²) < 4.78 is 4.20. The van der Waals surface area contributed by atoms with Crippen molar-refractivity contribution in [3.8, 4) is 0 Å². The highest BCUT2D eigenvalue weighted by Crippen LogP contribution is 2.39. The van der Waals surface area contributed by atoms with Crippen molar-refractivity contribution in [1.29, 1.82) is 0 Å². The molecule has 6 heteroatoms. The summed E-state index contributed by atoms with van der Waals surface area (Å²) in [6.07, 6.45) is 4.28. The second kappa shape index (κ2) is 5.86. The topological polar surface area (TPSA) is 75.1 Å². The number of hydrogen-bond donors (Lipinski definition) is 2. The number of anilines is 1. The van der Waals surface area contributed by atoms with E-state index in [1.54, 1.807) is 0 Å². The van der Waals surface area contributed by atoms with Crippen LogP contribution in [0.1, 0.15) is 45.4 Å². The third-order valence-corrected chi connectivity index (χ3v) is 4.76. The summed E-state index contributed by atoms with van der Waals surface area (Å²) in [6.45, 7) is 4.65. The van der Waals surface area contributed by atoms with Gasteiger partial charge in [0.25, 0.3) is 0 Å². The molecule has 0 atom stereocenters. The van der Waals surface area contributed by atoms with Crippen LogP contribution >= 0.6 is 11.5 Å². The monoisotopic (exact) mass is 283 g/mol. The first kappa shape index (κ1) is 14.2. The van der Waals surface area contributed by atoms with E-state index in [4.69, 9.17) is 0 Å². The number of rotatable bonds is 5. The molecule has 106 valence electrons. The molecular formula is C13H21N3O2S. The van der Waals surface area contributed by atoms with E-state index in [1.807, 2.05) is 6.92 Å². The van der Waals surface area contributed by atoms with Gasteiger partial charge in [0.2, 0.25) is 5.13 Å². The molecule has 1 aromatic rings. The van der Waals surface area contributed by atoms with Gasteiger partial charge in [-0.3, -0.25) is 4.79 Å². The third-order valence-electron chi connectivity index (χ3n) is 4.05. The molecule has 19 heavy (non-hydrogen) atoms. The van der Waals surface area contributed by atoms with Gasteiger partial charge in [0.05, 0.1) is 5.41 Å². The Hall–Kier alpha value is -1.17. The summed E-state index contributed by atoms with van der Waals surface area (Å²) in [5, 5.41) is 13.4. The van der Waals surface area contributed by atoms with Crippen LogP contribution in [0, 0.1) is 11.3 Å². The van der Waals surface area contributed by atoms with E-state index in [2.05, 4.69) is 21.6 Å². The SMILES string of the molecule is CCc1nsc(NCC2(C(=O)O)CCC(C)CC2)n1. The largest absolute Gasteiger partial charge is 0.481 e. The van der Waals surface area contributed by atoms with Crippen LogP contribution < -0.4 is 5.32 Å². The van der Waals surface area contributed by atoms with E-state index < -0.39 is 11.4 Å². The maximum atomic E-state index is 11.6. The van der Waals surface area contributed by atoms with Crippen molar-refractivity contribution in [3.63, 3.8) is 0 Å². The molecule has 0 amide bonds. The van der Waals surface area contributed by atoms with Crippen molar-refractivity contribution in [3.05, 3.63) is 5.82 Å². The van der Waals surface area contributed by atoms with Gasteiger partial charge in [-0.15, -0.1) is 0 Å². The summed E-state index contributed by atoms with van der Waals surface area (Å²) in [7, 11) is 0. The van der Waals surface area contributed by atoms with Gasteiger partial charge in [-0.1, -0.05) is 13.8 Å². The number of carboxylic acid groups (broad SMARTS) is 1. The lowest BCUT2D eigenvalue weighted by Crippen LogP contribution is -2.41. The summed E-state index contributed by atoms with van der Waals surface area (Å²) >= 11 is 1.31. The number of carbonyl (C=O) groups is 1. The lowest BCUT2D eigenvalue weighted by atomic mass is 9.71. The Balaban J connectivity index is 1.99. The molecule has 0 spiro atoms. The molecule has 1 aromatic heterocycles. The van der Waals surface area contributed by atoms with Crippen molar-refractivity contribution in [2.24, 2.45) is 11.3 Å². The molecular weight excluding hydrogens is 262 g/mol. The Morgan fingerprint density at radius 2 is 2.21 bits per heavy atom. The number of aryl methyl sites for hydroxylation is 1. The molecule has 5 nitrogen and oxygen atoms in total. The zero-order valence-corrected chi connectivity index (χ0v) is 12.3. The van der Waals surface area contributed by atoms with E-state index in [9.17, 15) is 9.90 Å². The lowest BCUT2D eigenvalue weighted by Gasteiger charge is -2.35. The molecule has 0 aliphatic heterocycles. The zero-order valence-electron chi connectivity index (χ0n) is 11.5. The van der Waals surface area contributed by atoms with Crippen molar-refractivity contribution >= 4 is 22.6 Å². The van der Waals surface area contributed by atoms with Crippen LogP contribution in [-0.2, 0) is 11.2 Å². The average molecular weight is 283 g/mol. The molecule has 2 rings (SSSR count). The number of hydrogen-bond acceptors (Lipinski definition) is 5. The number of aliphatic carboxylic acids is 1. The minimum atomic E-state index is -0.688. The Bertz CT molecular complexity index is 439. The predicted octanol–water partition coefficient (Wildman–Crippen LogP) is 2.79. The first-order chi connectivity index (χ1) is 9.05. The molecule has 0 unspecified atom stereocenters. The van der Waals surface area contributed by atoms with E-state index in [-0.39, 0.29) is 0 Å². The molecule has 2 N–H and O–H groups in total. The van der Waals surface area contributed by atoms with Gasteiger partial charge >= 0.3 is 5.97 Å². The van der Waals surface area contributed by atoms with Crippen LogP contribution in [-0.4, -0.2) is 27.0 Å². The lowest BCUT2D eigenvalue weighted by molar-refractivity contribution is -0.150. The number of carboxylic acids is 1. The van der Waals surface area contributed by atoms with Crippen molar-refractivity contribution in [1.82, 2.24) is 9.36 Å². The Morgan fingerprint density at radius 1 is 1.53 bits per heavy atom. The number of aromatic nitrogens is 2. The fourth-order valence-corrected chi connectivity index (χ4v) is 3.14. The summed E-state index contributed by atoms with van der Waals surface area (Å²) in [4.78, 5) is 15.9. The predicted molar refractivity (Wildman–Crippen MR) is 75.5 cm³/mol. The second-order valence-corrected chi connectivity index (χ2v) is 6.24. The van der Waals surface area contributed by atoms with Crippen LogP contribution in [0.15, 0.2) is 0 Å². The van der Waals surface area contributed by atoms with Gasteiger partial charge < -0.3 is 10.4 Å². The maximum absolute atomic E-state index is 11.6. The van der Waals surface area contributed by atoms with Crippen molar-refractivity contribution < 1.29 is 9.90 Å². The molecule has 0 aromatic carbocycles. The molecule has 0 saturated heterocycles. The minimum Gasteiger partial charge on any atom is -0.481 e. The Labute approximate surface area is 117 Å². The Morgan fingerprint density at radius 3 is 2.74 bits per heavy atom. The quantitative estimate of drug-likeness (QED) is 0.869. The van der Waals surface area contributed by atoms with Gasteiger partial charge in [0, 0.05) is 24.5 Å². The molecule has 1 fully saturated rings. The van der Waals surface area contributed by atoms with E-state index in [0.29, 0.717) is 12.5 Å². The third kappa shape index (κ3) is 3.23. The molecule has 1 saturated carbocycles. The molecule has 0 radical (unpaired) electrons. The Kier molecular flexibility index (Phi) is 4.39. The van der Waals surface area contributed by atoms with Gasteiger partial charge in [-0.05, 0) is 31.6 Å². The van der Waals surface area contributed by atoms with Crippen LogP contribution in [0.5, 0.6) is 0 Å². The van der Waals surface area contributed by atoms with Crippen LogP contribution in [0.4, 0.5) is 5.13 Å². The first-order valence-electron chi connectivity index (χ1n) is 6.85. The molecule has 0 bridgehead atoms. The van der Waals surface area contributed by atoms with Gasteiger partial charge in [0.15, 0.2) is 0 Å². The fourth-order valence-electron chi connectivity index (χ4n) is 2.50. The van der Waals surface area contributed by atoms with Crippen molar-refractivity contribution in [2.75, 3.05) is 11.9 Å². The zero-order chi connectivity index (χ0) is 13.9. The van der Waals surface area contributed by atoms with Crippen LogP contribution in [0.3, 0.4) is 0 Å². The summed E-state index contributed by atoms with van der Waals surface area (Å²) in [6, 6.07) is 0. The summed E-state index contributed by atoms with van der Waals surface area (Å²) in [5.74, 6) is 0.766. The smallest absolute Gasteiger partial charge is 0.311 e. The van der Waals surface area contributed by atoms with Gasteiger partial charge in [0.1, 0.15) is 5.82 Å². The van der Waals surface area contributed by atoms with Gasteiger partial charge in [-0.25, -0.2) is 4.98 Å². The first-order valence-corrected chi connectivity index (χ1v) is 7.63. The number of nitrogens with one attached hydrogen (secondary N) is 1. The standard InChI is InChI=1S/C13H21N3O2S/c1-3-10-15-12(19-16-10)14-8-13(11(17)18)6-4-9(2)5-7-13/h9H,3-8H2,1-2H3,(H,17,18)(H,14,15,16). The van der Waals surface area contributed by atoms with Crippen LogP contribution in [0.25, 0.3) is 0 Å². The molecule has 1 aliphatic rings. The molecule has 1 aliphatic carbocycles. The minimum absolute atomic E-state index is 0.452. The average Bonchev–Trinajstić information content (AvgIpc) is 2.86. The summed E-state index contributed by atoms with van der Waals surface area (Å²) in [5.41, 5.74) is -0.634. The van der Waals surface area contributed by atoms with Crippen molar-refractivity contribution in [2.45, 2.75) is 46.0 Å². The van der Waals surface area contributed by atoms with E-state index in [0.717, 1.165) is 43.1 Å². The highest BCUT2D eigenvalue weighted by molar-refractivity contribution is 7.09. The van der Waals surface area contributed by atoms with Crippen LogP contribution in [0.2, 0.25) is 0 Å². The normalized spacial score (nSPS) is 27.2. The van der Waals surface area contributed by atoms with E-state index in [1.165, 1.54) is 11.5 Å². The highest BCUT2D eigenvalue weighted by atomic mass is 32.1. The maximum Gasteiger partial charge on any atom is 0.311 e. The highest BCUT2D eigenvalue weighted by Gasteiger charge is 2.41. The van der Waals surface area contributed by atoms with E-state index >= 15 is 0 Å². The second-order valence-electron chi connectivity index (χ2n) is 5.49. The molecule has 1 heterocycles. The fraction of sp³-hybridized carbons (Fsp3) is 0.769. The number of nitrogens with zero attached hydrogens (tertiary/aromatic N) is 2.